The van der Waals surface area contributed by atoms with Crippen molar-refractivity contribution in [1.82, 2.24) is 9.88 Å². The highest BCUT2D eigenvalue weighted by Gasteiger charge is 2.55. The highest BCUT2D eigenvalue weighted by atomic mass is 16.5. The molecule has 1 unspecified atom stereocenters. The molecule has 0 spiro atoms. The van der Waals surface area contributed by atoms with E-state index >= 15 is 0 Å². The summed E-state index contributed by atoms with van der Waals surface area (Å²) in [5.74, 6) is 3.01. The summed E-state index contributed by atoms with van der Waals surface area (Å²) in [6.45, 7) is 3.25. The smallest absolute Gasteiger partial charge is 0.227 e. The molecule has 2 aliphatic heterocycles. The zero-order valence-corrected chi connectivity index (χ0v) is 13.6. The Labute approximate surface area is 135 Å². The van der Waals surface area contributed by atoms with Crippen LogP contribution in [0, 0.1) is 11.8 Å². The number of hydrogen-bond donors (Lipinski definition) is 1. The number of hydrogen-bond acceptors (Lipinski definition) is 2. The number of aromatic nitrogens is 1. The van der Waals surface area contributed by atoms with Crippen LogP contribution in [-0.4, -0.2) is 35.5 Å². The maximum absolute atomic E-state index is 12.9. The van der Waals surface area contributed by atoms with E-state index in [0.29, 0.717) is 36.1 Å². The van der Waals surface area contributed by atoms with E-state index in [1.807, 2.05) is 6.07 Å². The van der Waals surface area contributed by atoms with Crippen molar-refractivity contribution in [3.05, 3.63) is 29.5 Å². The SMILES string of the molecule is CCC1[C@@H]2C[C@H]3c4[nH]c5ccc(OC)cc5c4CC(=O)N(C2)[C@@H]13. The van der Waals surface area contributed by atoms with E-state index in [0.717, 1.165) is 23.2 Å². The van der Waals surface area contributed by atoms with Crippen molar-refractivity contribution < 1.29 is 9.53 Å². The average Bonchev–Trinajstić information content (AvgIpc) is 3.21. The first-order chi connectivity index (χ1) is 11.2. The molecule has 5 rings (SSSR count). The molecule has 2 bridgehead atoms. The number of ether oxygens (including phenoxy) is 1. The van der Waals surface area contributed by atoms with Crippen molar-refractivity contribution in [1.29, 1.82) is 0 Å². The number of methoxy groups -OCH3 is 1. The number of carbonyl (C=O) groups is 1. The molecule has 1 saturated heterocycles. The number of nitrogens with zero attached hydrogens (tertiary/aromatic N) is 1. The van der Waals surface area contributed by atoms with Crippen LogP contribution in [0.4, 0.5) is 0 Å². The summed E-state index contributed by atoms with van der Waals surface area (Å²) in [4.78, 5) is 18.7. The Kier molecular flexibility index (Phi) is 2.65. The molecule has 3 heterocycles. The van der Waals surface area contributed by atoms with Crippen LogP contribution in [0.15, 0.2) is 18.2 Å². The Morgan fingerprint density at radius 1 is 1.39 bits per heavy atom. The highest BCUT2D eigenvalue weighted by Crippen LogP contribution is 2.54. The standard InChI is InChI=1S/C19H22N2O2/c1-3-12-10-6-15-18-14(8-17(22)21(9-10)19(12)15)13-7-11(23-2)4-5-16(13)20-18/h4-5,7,10,12,15,19-20H,3,6,8-9H2,1-2H3/t10-,12?,15+,19+/m1/s1. The van der Waals surface area contributed by atoms with Gasteiger partial charge in [0.05, 0.1) is 13.5 Å². The summed E-state index contributed by atoms with van der Waals surface area (Å²) in [7, 11) is 1.69. The summed E-state index contributed by atoms with van der Waals surface area (Å²) < 4.78 is 5.38. The quantitative estimate of drug-likeness (QED) is 0.926. The molecule has 3 aliphatic rings. The molecule has 1 amide bonds. The molecule has 4 nitrogen and oxygen atoms in total. The van der Waals surface area contributed by atoms with Gasteiger partial charge in [-0.2, -0.15) is 0 Å². The van der Waals surface area contributed by atoms with Gasteiger partial charge in [0.2, 0.25) is 5.91 Å². The van der Waals surface area contributed by atoms with E-state index in [-0.39, 0.29) is 0 Å². The first kappa shape index (κ1) is 13.5. The lowest BCUT2D eigenvalue weighted by Crippen LogP contribution is -2.41. The second kappa shape index (κ2) is 4.53. The van der Waals surface area contributed by atoms with E-state index < -0.39 is 0 Å². The molecule has 1 aromatic carbocycles. The molecule has 2 aromatic rings. The molecule has 120 valence electrons. The van der Waals surface area contributed by atoms with Gasteiger partial charge in [-0.15, -0.1) is 0 Å². The number of piperidine rings is 1. The number of fused-ring (bicyclic) bond motifs is 5. The average molecular weight is 310 g/mol. The fourth-order valence-electron chi connectivity index (χ4n) is 5.52. The molecule has 1 aliphatic carbocycles. The van der Waals surface area contributed by atoms with Crippen molar-refractivity contribution in [2.75, 3.05) is 13.7 Å². The largest absolute Gasteiger partial charge is 0.497 e. The van der Waals surface area contributed by atoms with Crippen molar-refractivity contribution in [3.63, 3.8) is 0 Å². The lowest BCUT2D eigenvalue weighted by atomic mass is 9.92. The summed E-state index contributed by atoms with van der Waals surface area (Å²) in [5.41, 5.74) is 3.65. The van der Waals surface area contributed by atoms with Gasteiger partial charge in [-0.3, -0.25) is 4.79 Å². The minimum atomic E-state index is 0.308. The fraction of sp³-hybridized carbons (Fsp3) is 0.526. The van der Waals surface area contributed by atoms with Crippen LogP contribution in [0.5, 0.6) is 5.75 Å². The Morgan fingerprint density at radius 3 is 3.00 bits per heavy atom. The number of carbonyl (C=O) groups excluding carboxylic acids is 1. The number of amides is 1. The van der Waals surface area contributed by atoms with Gasteiger partial charge in [0, 0.05) is 35.1 Å². The molecule has 1 N–H and O–H groups in total. The van der Waals surface area contributed by atoms with E-state index in [1.165, 1.54) is 24.1 Å². The minimum Gasteiger partial charge on any atom is -0.497 e. The first-order valence-corrected chi connectivity index (χ1v) is 8.69. The monoisotopic (exact) mass is 310 g/mol. The van der Waals surface area contributed by atoms with Gasteiger partial charge in [-0.1, -0.05) is 13.3 Å². The van der Waals surface area contributed by atoms with Gasteiger partial charge in [0.1, 0.15) is 5.75 Å². The number of H-pyrrole nitrogens is 1. The maximum atomic E-state index is 12.9. The summed E-state index contributed by atoms with van der Waals surface area (Å²) in [6.07, 6.45) is 2.93. The Morgan fingerprint density at radius 2 is 2.26 bits per heavy atom. The molecule has 2 fully saturated rings. The van der Waals surface area contributed by atoms with Gasteiger partial charge in [-0.05, 0) is 42.0 Å². The number of nitrogens with one attached hydrogen (secondary N) is 1. The van der Waals surface area contributed by atoms with E-state index in [9.17, 15) is 4.79 Å². The summed E-state index contributed by atoms with van der Waals surface area (Å²) in [6, 6.07) is 6.55. The predicted molar refractivity (Wildman–Crippen MR) is 88.7 cm³/mol. The van der Waals surface area contributed by atoms with Crippen molar-refractivity contribution >= 4 is 16.8 Å². The van der Waals surface area contributed by atoms with Crippen LogP contribution in [0.2, 0.25) is 0 Å². The topological polar surface area (TPSA) is 45.3 Å². The lowest BCUT2D eigenvalue weighted by Gasteiger charge is -2.31. The highest BCUT2D eigenvalue weighted by molar-refractivity contribution is 5.92. The van der Waals surface area contributed by atoms with E-state index in [1.54, 1.807) is 7.11 Å². The summed E-state index contributed by atoms with van der Waals surface area (Å²) in [5, 5.41) is 1.16. The number of aromatic amines is 1. The van der Waals surface area contributed by atoms with Crippen LogP contribution < -0.4 is 4.74 Å². The zero-order chi connectivity index (χ0) is 15.7. The molecule has 4 heteroatoms. The van der Waals surface area contributed by atoms with Gasteiger partial charge in [0.15, 0.2) is 0 Å². The number of rotatable bonds is 2. The Hall–Kier alpha value is -1.97. The minimum absolute atomic E-state index is 0.308. The third-order valence-electron chi connectivity index (χ3n) is 6.44. The van der Waals surface area contributed by atoms with Gasteiger partial charge in [-0.25, -0.2) is 0 Å². The second-order valence-electron chi connectivity index (χ2n) is 7.32. The molecule has 4 atom stereocenters. The molecular formula is C19H22N2O2. The third kappa shape index (κ3) is 1.64. The van der Waals surface area contributed by atoms with Gasteiger partial charge < -0.3 is 14.6 Å². The van der Waals surface area contributed by atoms with Crippen molar-refractivity contribution in [2.24, 2.45) is 11.8 Å². The van der Waals surface area contributed by atoms with E-state index in [2.05, 4.69) is 28.9 Å². The second-order valence-corrected chi connectivity index (χ2v) is 7.32. The molecule has 0 radical (unpaired) electrons. The van der Waals surface area contributed by atoms with E-state index in [4.69, 9.17) is 4.74 Å². The first-order valence-electron chi connectivity index (χ1n) is 8.69. The fourth-order valence-corrected chi connectivity index (χ4v) is 5.52. The van der Waals surface area contributed by atoms with Crippen LogP contribution in [0.25, 0.3) is 10.9 Å². The van der Waals surface area contributed by atoms with Crippen LogP contribution in [-0.2, 0) is 11.2 Å². The van der Waals surface area contributed by atoms with Crippen molar-refractivity contribution in [2.45, 2.75) is 38.1 Å². The predicted octanol–water partition coefficient (Wildman–Crippen LogP) is 3.07. The van der Waals surface area contributed by atoms with Gasteiger partial charge >= 0.3 is 0 Å². The van der Waals surface area contributed by atoms with Crippen LogP contribution >= 0.6 is 0 Å². The molecule has 1 aromatic heterocycles. The van der Waals surface area contributed by atoms with Crippen LogP contribution in [0.3, 0.4) is 0 Å². The lowest BCUT2D eigenvalue weighted by molar-refractivity contribution is -0.132. The zero-order valence-electron chi connectivity index (χ0n) is 13.6. The Bertz CT molecular complexity index is 809. The molecular weight excluding hydrogens is 288 g/mol. The van der Waals surface area contributed by atoms with Crippen molar-refractivity contribution in [3.8, 4) is 5.75 Å². The third-order valence-corrected chi connectivity index (χ3v) is 6.44. The molecule has 23 heavy (non-hydrogen) atoms. The number of benzene rings is 1. The Balaban J connectivity index is 1.71. The van der Waals surface area contributed by atoms with Crippen LogP contribution in [0.1, 0.15) is 36.9 Å². The maximum Gasteiger partial charge on any atom is 0.227 e. The molecule has 1 saturated carbocycles. The van der Waals surface area contributed by atoms with Gasteiger partial charge in [0.25, 0.3) is 0 Å². The normalized spacial score (nSPS) is 31.6. The summed E-state index contributed by atoms with van der Waals surface area (Å²) >= 11 is 0.